The maximum absolute atomic E-state index is 8.49. The van der Waals surface area contributed by atoms with Gasteiger partial charge in [0.1, 0.15) is 11.8 Å². The van der Waals surface area contributed by atoms with Crippen molar-refractivity contribution in [1.82, 2.24) is 10.2 Å². The van der Waals surface area contributed by atoms with Crippen LogP contribution in [0.4, 0.5) is 0 Å². The number of benzene rings is 1. The molecule has 2 unspecified atom stereocenters. The largest absolute Gasteiger partial charge is 0.479 e. The molecule has 1 aliphatic heterocycles. The fourth-order valence-electron chi connectivity index (χ4n) is 2.72. The Bertz CT molecular complexity index is 452. The Labute approximate surface area is 121 Å². The molecule has 0 saturated carbocycles. The molecule has 1 aliphatic rings. The van der Waals surface area contributed by atoms with Crippen molar-refractivity contribution in [3.63, 3.8) is 0 Å². The van der Waals surface area contributed by atoms with Gasteiger partial charge in [-0.1, -0.05) is 12.1 Å². The Morgan fingerprint density at radius 1 is 1.45 bits per heavy atom. The summed E-state index contributed by atoms with van der Waals surface area (Å²) in [5, 5.41) is 12.2. The average Bonchev–Trinajstić information content (AvgIpc) is 2.45. The van der Waals surface area contributed by atoms with Gasteiger partial charge in [0.2, 0.25) is 0 Å². The predicted octanol–water partition coefficient (Wildman–Crippen LogP) is 2.33. The summed E-state index contributed by atoms with van der Waals surface area (Å²) < 4.78 is 5.27. The minimum absolute atomic E-state index is 0.0988. The van der Waals surface area contributed by atoms with Crippen LogP contribution in [0.2, 0.25) is 0 Å². The molecule has 0 amide bonds. The van der Waals surface area contributed by atoms with E-state index in [9.17, 15) is 0 Å². The average molecular weight is 273 g/mol. The number of nitrogens with one attached hydrogen (secondary N) is 1. The monoisotopic (exact) mass is 273 g/mol. The molecule has 1 fully saturated rings. The van der Waals surface area contributed by atoms with Gasteiger partial charge in [-0.05, 0) is 51.1 Å². The van der Waals surface area contributed by atoms with Crippen LogP contribution in [-0.2, 0) is 0 Å². The van der Waals surface area contributed by atoms with Gasteiger partial charge >= 0.3 is 0 Å². The highest BCUT2D eigenvalue weighted by atomic mass is 16.5. The molecule has 0 radical (unpaired) electrons. The minimum Gasteiger partial charge on any atom is -0.479 e. The van der Waals surface area contributed by atoms with E-state index in [1.165, 1.54) is 24.9 Å². The third-order valence-electron chi connectivity index (χ3n) is 3.79. The Kier molecular flexibility index (Phi) is 5.40. The van der Waals surface area contributed by atoms with Crippen molar-refractivity contribution in [2.45, 2.75) is 31.8 Å². The first-order valence-corrected chi connectivity index (χ1v) is 7.23. The number of likely N-dealkylation sites (tertiary alicyclic amines) is 1. The molecule has 1 heterocycles. The van der Waals surface area contributed by atoms with E-state index in [1.54, 1.807) is 0 Å². The topological polar surface area (TPSA) is 48.3 Å². The standard InChI is InChI=1S/C16H23N3O/c1-13(18-15-4-3-10-19(2)12-15)14-5-7-16(8-6-14)20-11-9-17/h5-8,13,15,18H,3-4,10-12H2,1-2H3. The molecule has 0 bridgehead atoms. The number of hydrogen-bond donors (Lipinski definition) is 1. The Hall–Kier alpha value is -1.57. The van der Waals surface area contributed by atoms with E-state index in [4.69, 9.17) is 10.00 Å². The van der Waals surface area contributed by atoms with E-state index in [0.29, 0.717) is 12.1 Å². The first-order valence-electron chi connectivity index (χ1n) is 7.23. The summed E-state index contributed by atoms with van der Waals surface area (Å²) in [7, 11) is 2.18. The fraction of sp³-hybridized carbons (Fsp3) is 0.562. The van der Waals surface area contributed by atoms with Crippen LogP contribution in [-0.4, -0.2) is 37.7 Å². The molecule has 0 aromatic heterocycles. The van der Waals surface area contributed by atoms with E-state index in [-0.39, 0.29) is 6.61 Å². The van der Waals surface area contributed by atoms with Gasteiger partial charge in [-0.3, -0.25) is 0 Å². The summed E-state index contributed by atoms with van der Waals surface area (Å²) in [4.78, 5) is 2.38. The summed E-state index contributed by atoms with van der Waals surface area (Å²) in [6.45, 7) is 4.62. The van der Waals surface area contributed by atoms with Gasteiger partial charge < -0.3 is 15.0 Å². The third kappa shape index (κ3) is 4.22. The van der Waals surface area contributed by atoms with Crippen LogP contribution in [0.3, 0.4) is 0 Å². The number of hydrogen-bond acceptors (Lipinski definition) is 4. The van der Waals surface area contributed by atoms with Crippen LogP contribution < -0.4 is 10.1 Å². The Morgan fingerprint density at radius 2 is 2.20 bits per heavy atom. The number of likely N-dealkylation sites (N-methyl/N-ethyl adjacent to an activating group) is 1. The number of piperidine rings is 1. The zero-order chi connectivity index (χ0) is 14.4. The highest BCUT2D eigenvalue weighted by Gasteiger charge is 2.19. The van der Waals surface area contributed by atoms with Crippen molar-refractivity contribution in [2.24, 2.45) is 0 Å². The van der Waals surface area contributed by atoms with Crippen molar-refractivity contribution in [3.8, 4) is 11.8 Å². The van der Waals surface area contributed by atoms with Crippen molar-refractivity contribution in [2.75, 3.05) is 26.7 Å². The molecule has 1 N–H and O–H groups in total. The quantitative estimate of drug-likeness (QED) is 0.894. The van der Waals surface area contributed by atoms with Crippen LogP contribution in [0.1, 0.15) is 31.4 Å². The maximum Gasteiger partial charge on any atom is 0.174 e. The molecule has 20 heavy (non-hydrogen) atoms. The third-order valence-corrected chi connectivity index (χ3v) is 3.79. The molecule has 1 saturated heterocycles. The zero-order valence-electron chi connectivity index (χ0n) is 12.3. The van der Waals surface area contributed by atoms with Gasteiger partial charge in [0.15, 0.2) is 6.61 Å². The lowest BCUT2D eigenvalue weighted by Gasteiger charge is -2.32. The normalized spacial score (nSPS) is 21.1. The zero-order valence-corrected chi connectivity index (χ0v) is 12.3. The van der Waals surface area contributed by atoms with Crippen molar-refractivity contribution in [1.29, 1.82) is 5.26 Å². The lowest BCUT2D eigenvalue weighted by Crippen LogP contribution is -2.44. The van der Waals surface area contributed by atoms with E-state index in [2.05, 4.69) is 36.3 Å². The van der Waals surface area contributed by atoms with Gasteiger partial charge in [-0.15, -0.1) is 0 Å². The summed E-state index contributed by atoms with van der Waals surface area (Å²) in [5.41, 5.74) is 1.25. The summed E-state index contributed by atoms with van der Waals surface area (Å²) >= 11 is 0. The van der Waals surface area contributed by atoms with Gasteiger partial charge in [0, 0.05) is 18.6 Å². The predicted molar refractivity (Wildman–Crippen MR) is 79.6 cm³/mol. The first-order chi connectivity index (χ1) is 9.69. The van der Waals surface area contributed by atoms with Crippen LogP contribution in [0.15, 0.2) is 24.3 Å². The molecule has 0 spiro atoms. The summed E-state index contributed by atoms with van der Waals surface area (Å²) in [5.74, 6) is 0.750. The van der Waals surface area contributed by atoms with Crippen LogP contribution >= 0.6 is 0 Å². The molecule has 2 rings (SSSR count). The molecule has 4 nitrogen and oxygen atoms in total. The van der Waals surface area contributed by atoms with Gasteiger partial charge in [0.05, 0.1) is 0 Å². The molecule has 4 heteroatoms. The number of nitriles is 1. The van der Waals surface area contributed by atoms with Gasteiger partial charge in [-0.25, -0.2) is 0 Å². The highest BCUT2D eigenvalue weighted by Crippen LogP contribution is 2.19. The minimum atomic E-state index is 0.0988. The molecule has 108 valence electrons. The summed E-state index contributed by atoms with van der Waals surface area (Å²) in [6.07, 6.45) is 2.51. The van der Waals surface area contributed by atoms with Gasteiger partial charge in [0.25, 0.3) is 0 Å². The van der Waals surface area contributed by atoms with E-state index >= 15 is 0 Å². The number of nitrogens with zero attached hydrogens (tertiary/aromatic N) is 2. The Balaban J connectivity index is 1.88. The highest BCUT2D eigenvalue weighted by molar-refractivity contribution is 5.29. The van der Waals surface area contributed by atoms with Crippen molar-refractivity contribution >= 4 is 0 Å². The second kappa shape index (κ2) is 7.28. The van der Waals surface area contributed by atoms with E-state index < -0.39 is 0 Å². The van der Waals surface area contributed by atoms with Gasteiger partial charge in [-0.2, -0.15) is 5.26 Å². The smallest absolute Gasteiger partial charge is 0.174 e. The molecule has 0 aliphatic carbocycles. The second-order valence-electron chi connectivity index (χ2n) is 5.51. The lowest BCUT2D eigenvalue weighted by molar-refractivity contribution is 0.218. The van der Waals surface area contributed by atoms with E-state index in [0.717, 1.165) is 12.3 Å². The summed E-state index contributed by atoms with van der Waals surface area (Å²) in [6, 6.07) is 10.9. The Morgan fingerprint density at radius 3 is 2.85 bits per heavy atom. The molecule has 2 atom stereocenters. The molecular weight excluding hydrogens is 250 g/mol. The number of rotatable bonds is 5. The molecule has 1 aromatic rings. The van der Waals surface area contributed by atoms with Crippen molar-refractivity contribution < 1.29 is 4.74 Å². The van der Waals surface area contributed by atoms with E-state index in [1.807, 2.05) is 18.2 Å². The SMILES string of the molecule is CC(NC1CCCN(C)C1)c1ccc(OCC#N)cc1. The maximum atomic E-state index is 8.49. The molecule has 1 aromatic carbocycles. The van der Waals surface area contributed by atoms with Crippen molar-refractivity contribution in [3.05, 3.63) is 29.8 Å². The van der Waals surface area contributed by atoms with Crippen LogP contribution in [0.5, 0.6) is 5.75 Å². The lowest BCUT2D eigenvalue weighted by atomic mass is 10.0. The second-order valence-corrected chi connectivity index (χ2v) is 5.51. The van der Waals surface area contributed by atoms with Crippen LogP contribution in [0, 0.1) is 11.3 Å². The fourth-order valence-corrected chi connectivity index (χ4v) is 2.72. The number of ether oxygens (including phenoxy) is 1. The van der Waals surface area contributed by atoms with Crippen LogP contribution in [0.25, 0.3) is 0 Å². The molecular formula is C16H23N3O. The first kappa shape index (κ1) is 14.8.